The third-order valence-electron chi connectivity index (χ3n) is 4.57. The van der Waals surface area contributed by atoms with Crippen LogP contribution >= 0.6 is 0 Å². The van der Waals surface area contributed by atoms with Crippen LogP contribution in [0, 0.1) is 0 Å². The van der Waals surface area contributed by atoms with Gasteiger partial charge in [-0.3, -0.25) is 0 Å². The molecule has 2 aliphatic heterocycles. The molecule has 0 radical (unpaired) electrons. The number of nitrogens with zero attached hydrogens (tertiary/aromatic N) is 1. The van der Waals surface area contributed by atoms with Crippen LogP contribution in [0.3, 0.4) is 0 Å². The van der Waals surface area contributed by atoms with Crippen molar-refractivity contribution in [3.05, 3.63) is 54.1 Å². The fourth-order valence-corrected chi connectivity index (χ4v) is 3.38. The topological polar surface area (TPSA) is 21.7 Å². The second kappa shape index (κ2) is 5.56. The van der Waals surface area contributed by atoms with Crippen molar-refractivity contribution in [1.82, 2.24) is 0 Å². The molecule has 2 unspecified atom stereocenters. The van der Waals surface area contributed by atoms with Crippen molar-refractivity contribution in [1.29, 1.82) is 0 Å². The molecule has 2 aromatic rings. The van der Waals surface area contributed by atoms with Gasteiger partial charge in [-0.15, -0.1) is 0 Å². The van der Waals surface area contributed by atoms with Crippen molar-refractivity contribution < 1.29 is 9.47 Å². The molecule has 0 aromatic heterocycles. The van der Waals surface area contributed by atoms with Crippen molar-refractivity contribution in [2.45, 2.75) is 32.0 Å². The molecular formula is C19H21NO2. The summed E-state index contributed by atoms with van der Waals surface area (Å²) in [6.07, 6.45) is 2.49. The maximum Gasteiger partial charge on any atom is 0.161 e. The van der Waals surface area contributed by atoms with Gasteiger partial charge in [0, 0.05) is 12.2 Å². The SMILES string of the molecule is CC1Oc2ccccc2OC1CN1CCCc2ccccc21. The second-order valence-electron chi connectivity index (χ2n) is 6.10. The highest BCUT2D eigenvalue weighted by atomic mass is 16.6. The predicted molar refractivity (Wildman–Crippen MR) is 87.9 cm³/mol. The smallest absolute Gasteiger partial charge is 0.161 e. The molecule has 0 N–H and O–H groups in total. The molecule has 22 heavy (non-hydrogen) atoms. The number of anilines is 1. The van der Waals surface area contributed by atoms with Gasteiger partial charge in [0.2, 0.25) is 0 Å². The lowest BCUT2D eigenvalue weighted by molar-refractivity contribution is 0.0357. The van der Waals surface area contributed by atoms with E-state index < -0.39 is 0 Å². The van der Waals surface area contributed by atoms with Gasteiger partial charge in [-0.1, -0.05) is 30.3 Å². The summed E-state index contributed by atoms with van der Waals surface area (Å²) in [5.74, 6) is 1.71. The Bertz CT molecular complexity index is 670. The number of hydrogen-bond acceptors (Lipinski definition) is 3. The van der Waals surface area contributed by atoms with E-state index in [-0.39, 0.29) is 12.2 Å². The van der Waals surface area contributed by atoms with Gasteiger partial charge in [0.05, 0.1) is 6.54 Å². The molecule has 2 heterocycles. The van der Waals surface area contributed by atoms with Crippen LogP contribution in [0.5, 0.6) is 11.5 Å². The zero-order valence-electron chi connectivity index (χ0n) is 12.9. The minimum atomic E-state index is 0.0565. The predicted octanol–water partition coefficient (Wildman–Crippen LogP) is 3.67. The Balaban J connectivity index is 1.55. The van der Waals surface area contributed by atoms with E-state index in [4.69, 9.17) is 9.47 Å². The molecule has 0 saturated carbocycles. The summed E-state index contributed by atoms with van der Waals surface area (Å²) >= 11 is 0. The van der Waals surface area contributed by atoms with Crippen molar-refractivity contribution in [2.24, 2.45) is 0 Å². The zero-order chi connectivity index (χ0) is 14.9. The van der Waals surface area contributed by atoms with Crippen LogP contribution in [0.4, 0.5) is 5.69 Å². The Labute approximate surface area is 131 Å². The molecule has 4 rings (SSSR count). The van der Waals surface area contributed by atoms with Crippen LogP contribution in [0.2, 0.25) is 0 Å². The van der Waals surface area contributed by atoms with E-state index in [0.717, 1.165) is 24.6 Å². The monoisotopic (exact) mass is 295 g/mol. The van der Waals surface area contributed by atoms with Gasteiger partial charge in [0.25, 0.3) is 0 Å². The minimum Gasteiger partial charge on any atom is -0.483 e. The second-order valence-corrected chi connectivity index (χ2v) is 6.10. The fraction of sp³-hybridized carbons (Fsp3) is 0.368. The lowest BCUT2D eigenvalue weighted by Crippen LogP contribution is -2.47. The lowest BCUT2D eigenvalue weighted by atomic mass is 10.0. The van der Waals surface area contributed by atoms with Crippen LogP contribution in [-0.4, -0.2) is 25.3 Å². The van der Waals surface area contributed by atoms with Gasteiger partial charge < -0.3 is 14.4 Å². The Kier molecular flexibility index (Phi) is 3.41. The van der Waals surface area contributed by atoms with E-state index in [2.05, 4.69) is 36.1 Å². The van der Waals surface area contributed by atoms with Crippen molar-refractivity contribution in [2.75, 3.05) is 18.0 Å². The Morgan fingerprint density at radius 1 is 1.00 bits per heavy atom. The molecule has 0 aliphatic carbocycles. The summed E-state index contributed by atoms with van der Waals surface area (Å²) in [6.45, 7) is 4.05. The Hall–Kier alpha value is -2.16. The van der Waals surface area contributed by atoms with E-state index in [1.165, 1.54) is 24.1 Å². The molecule has 0 bridgehead atoms. The molecule has 0 spiro atoms. The molecular weight excluding hydrogens is 274 g/mol. The normalized spacial score (nSPS) is 23.0. The van der Waals surface area contributed by atoms with Crippen LogP contribution < -0.4 is 14.4 Å². The molecule has 2 aromatic carbocycles. The first-order valence-electron chi connectivity index (χ1n) is 8.06. The molecule has 2 aliphatic rings. The van der Waals surface area contributed by atoms with E-state index in [9.17, 15) is 0 Å². The minimum absolute atomic E-state index is 0.0565. The van der Waals surface area contributed by atoms with E-state index in [1.54, 1.807) is 0 Å². The first-order chi connectivity index (χ1) is 10.8. The molecule has 3 heteroatoms. The third-order valence-corrected chi connectivity index (χ3v) is 4.57. The summed E-state index contributed by atoms with van der Waals surface area (Å²) in [7, 11) is 0. The van der Waals surface area contributed by atoms with Crippen molar-refractivity contribution >= 4 is 5.69 Å². The molecule has 3 nitrogen and oxygen atoms in total. The summed E-state index contributed by atoms with van der Waals surface area (Å²) in [5, 5.41) is 0. The Morgan fingerprint density at radius 3 is 2.59 bits per heavy atom. The Morgan fingerprint density at radius 2 is 1.73 bits per heavy atom. The van der Waals surface area contributed by atoms with Gasteiger partial charge in [-0.2, -0.15) is 0 Å². The number of para-hydroxylation sites is 3. The average Bonchev–Trinajstić information content (AvgIpc) is 2.56. The number of benzene rings is 2. The largest absolute Gasteiger partial charge is 0.483 e. The summed E-state index contributed by atoms with van der Waals surface area (Å²) in [5.41, 5.74) is 2.79. The van der Waals surface area contributed by atoms with Gasteiger partial charge in [-0.05, 0) is 43.5 Å². The highest BCUT2D eigenvalue weighted by molar-refractivity contribution is 5.55. The first-order valence-corrected chi connectivity index (χ1v) is 8.06. The van der Waals surface area contributed by atoms with Crippen molar-refractivity contribution in [3.63, 3.8) is 0 Å². The highest BCUT2D eigenvalue weighted by Gasteiger charge is 2.30. The lowest BCUT2D eigenvalue weighted by Gasteiger charge is -2.38. The third kappa shape index (κ3) is 2.41. The number of hydrogen-bond donors (Lipinski definition) is 0. The number of aryl methyl sites for hydroxylation is 1. The summed E-state index contributed by atoms with van der Waals surface area (Å²) < 4.78 is 12.2. The van der Waals surface area contributed by atoms with E-state index >= 15 is 0 Å². The average molecular weight is 295 g/mol. The van der Waals surface area contributed by atoms with Gasteiger partial charge >= 0.3 is 0 Å². The molecule has 0 saturated heterocycles. The number of fused-ring (bicyclic) bond motifs is 2. The van der Waals surface area contributed by atoms with Gasteiger partial charge in [-0.25, -0.2) is 0 Å². The van der Waals surface area contributed by atoms with Crippen LogP contribution in [0.25, 0.3) is 0 Å². The maximum atomic E-state index is 6.20. The van der Waals surface area contributed by atoms with E-state index in [0.29, 0.717) is 0 Å². The van der Waals surface area contributed by atoms with Crippen molar-refractivity contribution in [3.8, 4) is 11.5 Å². The molecule has 0 amide bonds. The molecule has 0 fully saturated rings. The fourth-order valence-electron chi connectivity index (χ4n) is 3.38. The van der Waals surface area contributed by atoms with Crippen LogP contribution in [-0.2, 0) is 6.42 Å². The summed E-state index contributed by atoms with van der Waals surface area (Å²) in [6, 6.07) is 16.6. The zero-order valence-corrected chi connectivity index (χ0v) is 12.9. The highest BCUT2D eigenvalue weighted by Crippen LogP contribution is 2.35. The van der Waals surface area contributed by atoms with Crippen LogP contribution in [0.1, 0.15) is 18.9 Å². The number of ether oxygens (including phenoxy) is 2. The summed E-state index contributed by atoms with van der Waals surface area (Å²) in [4.78, 5) is 2.44. The van der Waals surface area contributed by atoms with Gasteiger partial charge in [0.15, 0.2) is 17.6 Å². The molecule has 114 valence electrons. The van der Waals surface area contributed by atoms with Crippen LogP contribution in [0.15, 0.2) is 48.5 Å². The maximum absolute atomic E-state index is 6.20. The van der Waals surface area contributed by atoms with E-state index in [1.807, 2.05) is 24.3 Å². The molecule has 2 atom stereocenters. The first kappa shape index (κ1) is 13.5. The standard InChI is InChI=1S/C19H21NO2/c1-14-19(22-18-11-5-4-10-17(18)21-14)13-20-12-6-8-15-7-2-3-9-16(15)20/h2-5,7,9-11,14,19H,6,8,12-13H2,1H3. The number of rotatable bonds is 2. The quantitative estimate of drug-likeness (QED) is 0.844. The van der Waals surface area contributed by atoms with Gasteiger partial charge in [0.1, 0.15) is 6.10 Å².